The summed E-state index contributed by atoms with van der Waals surface area (Å²) in [6.45, 7) is 6.31. The van der Waals surface area contributed by atoms with Crippen molar-refractivity contribution in [2.45, 2.75) is 38.3 Å². The predicted molar refractivity (Wildman–Crippen MR) is 116 cm³/mol. The lowest BCUT2D eigenvalue weighted by molar-refractivity contribution is 0.102. The lowest BCUT2D eigenvalue weighted by Gasteiger charge is -2.21. The van der Waals surface area contributed by atoms with Gasteiger partial charge in [-0.1, -0.05) is 18.2 Å². The summed E-state index contributed by atoms with van der Waals surface area (Å²) in [6.07, 6.45) is 1.65. The zero-order valence-electron chi connectivity index (χ0n) is 17.4. The van der Waals surface area contributed by atoms with Crippen LogP contribution in [0.3, 0.4) is 0 Å². The molecule has 0 bridgehead atoms. The summed E-state index contributed by atoms with van der Waals surface area (Å²) >= 11 is 0. The summed E-state index contributed by atoms with van der Waals surface area (Å²) in [6, 6.07) is 13.1. The van der Waals surface area contributed by atoms with Crippen LogP contribution in [0.15, 0.2) is 59.8 Å². The fraction of sp³-hybridized carbons (Fsp3) is 0.286. The normalized spacial score (nSPS) is 11.8. The van der Waals surface area contributed by atoms with E-state index < -0.39 is 15.9 Å². The van der Waals surface area contributed by atoms with Gasteiger partial charge < -0.3 is 9.88 Å². The van der Waals surface area contributed by atoms with Crippen molar-refractivity contribution in [1.82, 2.24) is 19.1 Å². The molecule has 158 valence electrons. The topological polar surface area (TPSA) is 97.2 Å². The van der Waals surface area contributed by atoms with Crippen molar-refractivity contribution in [3.63, 3.8) is 0 Å². The second-order valence-electron chi connectivity index (χ2n) is 7.12. The van der Waals surface area contributed by atoms with E-state index in [1.807, 2.05) is 23.6 Å². The first-order chi connectivity index (χ1) is 14.2. The number of rotatable bonds is 7. The molecule has 0 saturated heterocycles. The highest BCUT2D eigenvalue weighted by molar-refractivity contribution is 7.89. The van der Waals surface area contributed by atoms with Gasteiger partial charge >= 0.3 is 0 Å². The van der Waals surface area contributed by atoms with E-state index in [-0.39, 0.29) is 16.5 Å². The number of nitrogens with one attached hydrogen (secondary N) is 1. The minimum absolute atomic E-state index is 0.0798. The number of aryl methyl sites for hydroxylation is 1. The quantitative estimate of drug-likeness (QED) is 0.624. The highest BCUT2D eigenvalue weighted by atomic mass is 32.2. The fourth-order valence-corrected chi connectivity index (χ4v) is 4.30. The van der Waals surface area contributed by atoms with Crippen LogP contribution in [0.4, 0.5) is 5.69 Å². The van der Waals surface area contributed by atoms with E-state index in [0.29, 0.717) is 11.5 Å². The molecule has 0 fully saturated rings. The molecule has 8 nitrogen and oxygen atoms in total. The molecule has 3 aromatic rings. The molecule has 2 aromatic carbocycles. The molecule has 30 heavy (non-hydrogen) atoms. The second kappa shape index (κ2) is 8.76. The van der Waals surface area contributed by atoms with Crippen LogP contribution in [0.25, 0.3) is 11.4 Å². The number of hydrogen-bond donors (Lipinski definition) is 1. The predicted octanol–water partition coefficient (Wildman–Crippen LogP) is 3.25. The Morgan fingerprint density at radius 3 is 2.60 bits per heavy atom. The highest BCUT2D eigenvalue weighted by Crippen LogP contribution is 2.22. The third-order valence-corrected chi connectivity index (χ3v) is 6.86. The van der Waals surface area contributed by atoms with Crippen molar-refractivity contribution in [3.8, 4) is 11.4 Å². The Morgan fingerprint density at radius 2 is 1.90 bits per heavy atom. The Bertz CT molecular complexity index is 1150. The van der Waals surface area contributed by atoms with Crippen molar-refractivity contribution >= 4 is 21.6 Å². The van der Waals surface area contributed by atoms with Crippen molar-refractivity contribution in [2.24, 2.45) is 0 Å². The van der Waals surface area contributed by atoms with E-state index in [9.17, 15) is 13.2 Å². The molecule has 0 aliphatic heterocycles. The Hall–Kier alpha value is -3.04. The summed E-state index contributed by atoms with van der Waals surface area (Å²) in [7, 11) is -2.15. The van der Waals surface area contributed by atoms with Crippen LogP contribution < -0.4 is 5.32 Å². The lowest BCUT2D eigenvalue weighted by Crippen LogP contribution is -2.33. The molecular weight excluding hydrogens is 402 g/mol. The molecule has 0 atom stereocenters. The van der Waals surface area contributed by atoms with E-state index in [1.54, 1.807) is 44.4 Å². The van der Waals surface area contributed by atoms with Gasteiger partial charge in [-0.25, -0.2) is 8.42 Å². The number of amides is 1. The zero-order valence-corrected chi connectivity index (χ0v) is 18.2. The van der Waals surface area contributed by atoms with E-state index in [0.717, 1.165) is 12.1 Å². The van der Waals surface area contributed by atoms with Crippen LogP contribution >= 0.6 is 0 Å². The highest BCUT2D eigenvalue weighted by Gasteiger charge is 2.24. The second-order valence-corrected chi connectivity index (χ2v) is 9.12. The van der Waals surface area contributed by atoms with Crippen molar-refractivity contribution < 1.29 is 13.2 Å². The Kier molecular flexibility index (Phi) is 6.33. The van der Waals surface area contributed by atoms with Gasteiger partial charge in [-0.3, -0.25) is 4.79 Å². The van der Waals surface area contributed by atoms with Gasteiger partial charge in [0, 0.05) is 36.4 Å². The average Bonchev–Trinajstić information content (AvgIpc) is 3.22. The SMILES string of the molecule is CCn1cnnc1-c1cccc(NC(=O)c2cccc(S(=O)(=O)N(C)C(C)C)c2)c1. The maximum Gasteiger partial charge on any atom is 0.255 e. The smallest absolute Gasteiger partial charge is 0.255 e. The number of anilines is 1. The van der Waals surface area contributed by atoms with E-state index in [1.165, 1.54) is 23.5 Å². The molecule has 1 N–H and O–H groups in total. The summed E-state index contributed by atoms with van der Waals surface area (Å²) in [4.78, 5) is 12.8. The standard InChI is InChI=1S/C21H25N5O3S/c1-5-26-14-22-24-20(26)16-8-6-10-18(12-16)23-21(27)17-9-7-11-19(13-17)30(28,29)25(4)15(2)3/h6-15H,5H2,1-4H3,(H,23,27). The maximum atomic E-state index is 12.8. The van der Waals surface area contributed by atoms with Crippen LogP contribution in [0, 0.1) is 0 Å². The molecular formula is C21H25N5O3S. The molecule has 3 rings (SSSR count). The lowest BCUT2D eigenvalue weighted by atomic mass is 10.1. The third kappa shape index (κ3) is 4.42. The van der Waals surface area contributed by atoms with Gasteiger partial charge in [0.05, 0.1) is 4.90 Å². The van der Waals surface area contributed by atoms with Gasteiger partial charge in [0.25, 0.3) is 5.91 Å². The summed E-state index contributed by atoms with van der Waals surface area (Å²) in [5.74, 6) is 0.312. The van der Waals surface area contributed by atoms with Gasteiger partial charge in [0.2, 0.25) is 10.0 Å². The summed E-state index contributed by atoms with van der Waals surface area (Å²) in [5, 5.41) is 10.9. The molecule has 0 saturated carbocycles. The average molecular weight is 428 g/mol. The molecule has 1 amide bonds. The summed E-state index contributed by atoms with van der Waals surface area (Å²) < 4.78 is 28.6. The van der Waals surface area contributed by atoms with Gasteiger partial charge in [-0.15, -0.1) is 10.2 Å². The van der Waals surface area contributed by atoms with Crippen molar-refractivity contribution in [2.75, 3.05) is 12.4 Å². The Labute approximate surface area is 176 Å². The monoisotopic (exact) mass is 427 g/mol. The third-order valence-electron chi connectivity index (χ3n) is 4.84. The zero-order chi connectivity index (χ0) is 21.9. The minimum Gasteiger partial charge on any atom is -0.322 e. The van der Waals surface area contributed by atoms with E-state index >= 15 is 0 Å². The number of sulfonamides is 1. The van der Waals surface area contributed by atoms with Crippen LogP contribution in [-0.4, -0.2) is 46.5 Å². The van der Waals surface area contributed by atoms with Crippen LogP contribution in [0.1, 0.15) is 31.1 Å². The molecule has 1 heterocycles. The van der Waals surface area contributed by atoms with Crippen LogP contribution in [0.2, 0.25) is 0 Å². The maximum absolute atomic E-state index is 12.8. The number of carbonyl (C=O) groups excluding carboxylic acids is 1. The van der Waals surface area contributed by atoms with Gasteiger partial charge in [-0.2, -0.15) is 4.31 Å². The van der Waals surface area contributed by atoms with Gasteiger partial charge in [-0.05, 0) is 51.1 Å². The first-order valence-electron chi connectivity index (χ1n) is 9.61. The van der Waals surface area contributed by atoms with Gasteiger partial charge in [0.15, 0.2) is 5.82 Å². The van der Waals surface area contributed by atoms with Crippen molar-refractivity contribution in [3.05, 3.63) is 60.4 Å². The molecule has 9 heteroatoms. The first kappa shape index (κ1) is 21.7. The Balaban J connectivity index is 1.85. The van der Waals surface area contributed by atoms with E-state index in [4.69, 9.17) is 0 Å². The molecule has 0 aliphatic carbocycles. The largest absolute Gasteiger partial charge is 0.322 e. The Morgan fingerprint density at radius 1 is 1.17 bits per heavy atom. The fourth-order valence-electron chi connectivity index (χ4n) is 2.89. The number of benzene rings is 2. The molecule has 0 radical (unpaired) electrons. The molecule has 0 aliphatic rings. The van der Waals surface area contributed by atoms with Crippen molar-refractivity contribution in [1.29, 1.82) is 0 Å². The minimum atomic E-state index is -3.68. The summed E-state index contributed by atoms with van der Waals surface area (Å²) in [5.41, 5.74) is 1.66. The first-order valence-corrected chi connectivity index (χ1v) is 11.1. The van der Waals surface area contributed by atoms with Crippen LogP contribution in [0.5, 0.6) is 0 Å². The number of hydrogen-bond acceptors (Lipinski definition) is 5. The van der Waals surface area contributed by atoms with Gasteiger partial charge in [0.1, 0.15) is 6.33 Å². The molecule has 0 spiro atoms. The molecule has 1 aromatic heterocycles. The number of aromatic nitrogens is 3. The molecule has 0 unspecified atom stereocenters. The van der Waals surface area contributed by atoms with E-state index in [2.05, 4.69) is 15.5 Å². The van der Waals surface area contributed by atoms with Crippen LogP contribution in [-0.2, 0) is 16.6 Å². The number of carbonyl (C=O) groups is 1. The number of nitrogens with zero attached hydrogens (tertiary/aromatic N) is 4.